The molecule has 168 valence electrons. The lowest BCUT2D eigenvalue weighted by molar-refractivity contribution is -0.140. The van der Waals surface area contributed by atoms with Gasteiger partial charge in [0.05, 0.1) is 19.3 Å². The summed E-state index contributed by atoms with van der Waals surface area (Å²) in [6, 6.07) is 24.5. The quantitative estimate of drug-likeness (QED) is 0.356. The SMILES string of the molecule is COC(=O)CCc1ccc(N(Cc2ccccc2)C(C)=O)c(-c2ccc3c(ccn3C)c2)c1. The van der Waals surface area contributed by atoms with Gasteiger partial charge < -0.3 is 14.2 Å². The van der Waals surface area contributed by atoms with E-state index in [-0.39, 0.29) is 11.9 Å². The topological polar surface area (TPSA) is 51.5 Å². The summed E-state index contributed by atoms with van der Waals surface area (Å²) in [5.41, 5.74) is 6.08. The fourth-order valence-corrected chi connectivity index (χ4v) is 4.14. The van der Waals surface area contributed by atoms with Gasteiger partial charge in [-0.1, -0.05) is 42.5 Å². The predicted molar refractivity (Wildman–Crippen MR) is 132 cm³/mol. The molecule has 5 heteroatoms. The number of carbonyl (C=O) groups excluding carboxylic acids is 2. The summed E-state index contributed by atoms with van der Waals surface area (Å²) < 4.78 is 6.89. The minimum atomic E-state index is -0.235. The molecule has 0 aliphatic heterocycles. The first-order chi connectivity index (χ1) is 16.0. The highest BCUT2D eigenvalue weighted by Gasteiger charge is 2.18. The molecule has 3 aromatic carbocycles. The molecule has 5 nitrogen and oxygen atoms in total. The Kier molecular flexibility index (Phi) is 6.59. The van der Waals surface area contributed by atoms with E-state index in [2.05, 4.69) is 34.9 Å². The van der Waals surface area contributed by atoms with Gasteiger partial charge in [-0.15, -0.1) is 0 Å². The van der Waals surface area contributed by atoms with Crippen molar-refractivity contribution >= 4 is 28.5 Å². The average molecular weight is 441 g/mol. The van der Waals surface area contributed by atoms with E-state index >= 15 is 0 Å². The van der Waals surface area contributed by atoms with Crippen molar-refractivity contribution in [2.24, 2.45) is 7.05 Å². The van der Waals surface area contributed by atoms with Crippen molar-refractivity contribution in [2.75, 3.05) is 12.0 Å². The highest BCUT2D eigenvalue weighted by molar-refractivity contribution is 5.98. The summed E-state index contributed by atoms with van der Waals surface area (Å²) in [6.45, 7) is 2.08. The maximum atomic E-state index is 12.7. The third kappa shape index (κ3) is 4.98. The van der Waals surface area contributed by atoms with Gasteiger partial charge in [0.15, 0.2) is 0 Å². The highest BCUT2D eigenvalue weighted by Crippen LogP contribution is 2.35. The Morgan fingerprint density at radius 3 is 2.45 bits per heavy atom. The molecule has 1 aromatic heterocycles. The Morgan fingerprint density at radius 1 is 0.939 bits per heavy atom. The second-order valence-electron chi connectivity index (χ2n) is 8.22. The van der Waals surface area contributed by atoms with Crippen LogP contribution in [0.5, 0.6) is 0 Å². The van der Waals surface area contributed by atoms with Crippen molar-refractivity contribution in [1.82, 2.24) is 4.57 Å². The fourth-order valence-electron chi connectivity index (χ4n) is 4.14. The van der Waals surface area contributed by atoms with Gasteiger partial charge in [-0.2, -0.15) is 0 Å². The molecule has 33 heavy (non-hydrogen) atoms. The van der Waals surface area contributed by atoms with Crippen LogP contribution < -0.4 is 4.90 Å². The summed E-state index contributed by atoms with van der Waals surface area (Å²) in [6.07, 6.45) is 2.93. The van der Waals surface area contributed by atoms with E-state index in [1.54, 1.807) is 6.92 Å². The highest BCUT2D eigenvalue weighted by atomic mass is 16.5. The van der Waals surface area contributed by atoms with Gasteiger partial charge in [-0.3, -0.25) is 9.59 Å². The Bertz CT molecular complexity index is 1290. The number of fused-ring (bicyclic) bond motifs is 1. The van der Waals surface area contributed by atoms with Crippen LogP contribution in [0.1, 0.15) is 24.5 Å². The predicted octanol–water partition coefficient (Wildman–Crippen LogP) is 5.50. The van der Waals surface area contributed by atoms with E-state index in [0.717, 1.165) is 38.8 Å². The summed E-state index contributed by atoms with van der Waals surface area (Å²) in [5.74, 6) is -0.260. The lowest BCUT2D eigenvalue weighted by atomic mass is 9.97. The van der Waals surface area contributed by atoms with E-state index in [0.29, 0.717) is 19.4 Å². The van der Waals surface area contributed by atoms with Gasteiger partial charge in [0.25, 0.3) is 0 Å². The number of amides is 1. The molecule has 0 bridgehead atoms. The lowest BCUT2D eigenvalue weighted by Gasteiger charge is -2.25. The van der Waals surface area contributed by atoms with Crippen LogP contribution >= 0.6 is 0 Å². The molecule has 0 fully saturated rings. The zero-order valence-corrected chi connectivity index (χ0v) is 19.2. The van der Waals surface area contributed by atoms with Crippen molar-refractivity contribution in [3.05, 3.63) is 90.1 Å². The number of esters is 1. The molecule has 0 spiro atoms. The van der Waals surface area contributed by atoms with Crippen LogP contribution in [0.15, 0.2) is 79.0 Å². The average Bonchev–Trinajstić information content (AvgIpc) is 3.21. The van der Waals surface area contributed by atoms with E-state index in [4.69, 9.17) is 4.74 Å². The monoisotopic (exact) mass is 440 g/mol. The number of aromatic nitrogens is 1. The number of hydrogen-bond donors (Lipinski definition) is 0. The van der Waals surface area contributed by atoms with Gasteiger partial charge in [0, 0.05) is 43.1 Å². The number of ether oxygens (including phenoxy) is 1. The van der Waals surface area contributed by atoms with Gasteiger partial charge in [0.1, 0.15) is 0 Å². The number of aryl methyl sites for hydroxylation is 2. The first-order valence-electron chi connectivity index (χ1n) is 11.0. The van der Waals surface area contributed by atoms with Gasteiger partial charge >= 0.3 is 5.97 Å². The van der Waals surface area contributed by atoms with Crippen LogP contribution in [0.3, 0.4) is 0 Å². The molecule has 0 aliphatic rings. The summed E-state index contributed by atoms with van der Waals surface area (Å²) in [5, 5.41) is 1.14. The third-order valence-electron chi connectivity index (χ3n) is 5.96. The molecular formula is C28H28N2O3. The Labute approximate surface area is 194 Å². The van der Waals surface area contributed by atoms with Crippen molar-refractivity contribution in [3.8, 4) is 11.1 Å². The molecule has 1 amide bonds. The first kappa shape index (κ1) is 22.3. The summed E-state index contributed by atoms with van der Waals surface area (Å²) in [4.78, 5) is 26.2. The van der Waals surface area contributed by atoms with Crippen LogP contribution in [-0.2, 0) is 34.3 Å². The molecule has 0 radical (unpaired) electrons. The van der Waals surface area contributed by atoms with Crippen molar-refractivity contribution < 1.29 is 14.3 Å². The minimum absolute atomic E-state index is 0.0248. The molecule has 1 heterocycles. The van der Waals surface area contributed by atoms with Crippen molar-refractivity contribution in [3.63, 3.8) is 0 Å². The second kappa shape index (κ2) is 9.74. The van der Waals surface area contributed by atoms with E-state index < -0.39 is 0 Å². The van der Waals surface area contributed by atoms with Gasteiger partial charge in [0.2, 0.25) is 5.91 Å². The molecule has 0 saturated heterocycles. The molecule has 0 saturated carbocycles. The Morgan fingerprint density at radius 2 is 1.73 bits per heavy atom. The lowest BCUT2D eigenvalue weighted by Crippen LogP contribution is -2.28. The Balaban J connectivity index is 1.80. The van der Waals surface area contributed by atoms with Crippen LogP contribution in [0, 0.1) is 0 Å². The number of rotatable bonds is 7. The number of hydrogen-bond acceptors (Lipinski definition) is 3. The van der Waals surface area contributed by atoms with E-state index in [9.17, 15) is 9.59 Å². The summed E-state index contributed by atoms with van der Waals surface area (Å²) in [7, 11) is 3.43. The molecular weight excluding hydrogens is 412 g/mol. The largest absolute Gasteiger partial charge is 0.469 e. The Hall–Kier alpha value is -3.86. The molecule has 0 N–H and O–H groups in total. The maximum absolute atomic E-state index is 12.7. The van der Waals surface area contributed by atoms with Crippen LogP contribution in [0.2, 0.25) is 0 Å². The van der Waals surface area contributed by atoms with Gasteiger partial charge in [-0.25, -0.2) is 0 Å². The zero-order valence-electron chi connectivity index (χ0n) is 19.2. The second-order valence-corrected chi connectivity index (χ2v) is 8.22. The molecule has 4 aromatic rings. The van der Waals surface area contributed by atoms with E-state index in [1.165, 1.54) is 7.11 Å². The zero-order chi connectivity index (χ0) is 23.4. The van der Waals surface area contributed by atoms with Crippen LogP contribution in [0.4, 0.5) is 5.69 Å². The number of benzene rings is 3. The number of nitrogens with zero attached hydrogens (tertiary/aromatic N) is 2. The maximum Gasteiger partial charge on any atom is 0.305 e. The van der Waals surface area contributed by atoms with Crippen molar-refractivity contribution in [2.45, 2.75) is 26.3 Å². The number of carbonyl (C=O) groups is 2. The first-order valence-corrected chi connectivity index (χ1v) is 11.0. The van der Waals surface area contributed by atoms with Gasteiger partial charge in [-0.05, 0) is 53.4 Å². The minimum Gasteiger partial charge on any atom is -0.469 e. The normalized spacial score (nSPS) is 10.9. The smallest absolute Gasteiger partial charge is 0.305 e. The summed E-state index contributed by atoms with van der Waals surface area (Å²) >= 11 is 0. The molecule has 4 rings (SSSR count). The number of anilines is 1. The van der Waals surface area contributed by atoms with Crippen molar-refractivity contribution in [1.29, 1.82) is 0 Å². The molecule has 0 unspecified atom stereocenters. The van der Waals surface area contributed by atoms with Crippen LogP contribution in [0.25, 0.3) is 22.0 Å². The third-order valence-corrected chi connectivity index (χ3v) is 5.96. The van der Waals surface area contributed by atoms with Crippen LogP contribution in [-0.4, -0.2) is 23.6 Å². The fraction of sp³-hybridized carbons (Fsp3) is 0.214. The van der Waals surface area contributed by atoms with E-state index in [1.807, 2.05) is 60.6 Å². The standard InChI is InChI=1S/C28H28N2O3/c1-20(31)30(19-22-7-5-4-6-8-22)27-12-9-21(10-14-28(32)33-3)17-25(27)23-11-13-26-24(18-23)15-16-29(26)2/h4-9,11-13,15-18H,10,14,19H2,1-3H3. The number of methoxy groups -OCH3 is 1. The molecule has 0 atom stereocenters. The molecule has 0 aliphatic carbocycles.